The van der Waals surface area contributed by atoms with Crippen LogP contribution in [0.1, 0.15) is 22.3 Å². The smallest absolute Gasteiger partial charge is 0.0713 e. The standard InChI is InChI=1S/C73H47N/c1-3-25-56(26-4-1)73(57-27-5-2-6-28-57)67-34-16-15-31-61(67)62-42-40-55(47-68(62)73)72-64-33-14-13-32-63(64)71(65-45-50-21-7-8-22-51(50)46-66(65)72)54-38-37-53-44-58(41-39-52(53)43-54)74(69-35-17-23-48-19-9-11-29-59(48)69)70-36-18-24-49-20-10-12-30-60(49)70/h1-47H. The van der Waals surface area contributed by atoms with Crippen molar-refractivity contribution in [2.75, 3.05) is 4.90 Å². The summed E-state index contributed by atoms with van der Waals surface area (Å²) in [7, 11) is 0. The molecule has 0 heterocycles. The Morgan fingerprint density at radius 3 is 1.28 bits per heavy atom. The average Bonchev–Trinajstić information content (AvgIpc) is 3.80. The van der Waals surface area contributed by atoms with Gasteiger partial charge in [0.05, 0.1) is 16.8 Å². The minimum Gasteiger partial charge on any atom is -0.309 e. The topological polar surface area (TPSA) is 3.24 Å². The number of benzene rings is 14. The lowest BCUT2D eigenvalue weighted by Gasteiger charge is -2.34. The first-order valence-corrected chi connectivity index (χ1v) is 25.7. The van der Waals surface area contributed by atoms with Crippen LogP contribution in [0.4, 0.5) is 17.1 Å². The van der Waals surface area contributed by atoms with Gasteiger partial charge in [-0.05, 0) is 158 Å². The number of nitrogens with zero attached hydrogens (tertiary/aromatic N) is 1. The quantitative estimate of drug-likeness (QED) is 0.144. The fourth-order valence-corrected chi connectivity index (χ4v) is 12.8. The Hall–Kier alpha value is -9.56. The molecule has 0 bridgehead atoms. The predicted octanol–water partition coefficient (Wildman–Crippen LogP) is 19.8. The molecular formula is C73H47N. The van der Waals surface area contributed by atoms with Gasteiger partial charge in [0.15, 0.2) is 0 Å². The Morgan fingerprint density at radius 2 is 0.676 bits per heavy atom. The molecule has 0 amide bonds. The van der Waals surface area contributed by atoms with Gasteiger partial charge < -0.3 is 4.90 Å². The van der Waals surface area contributed by atoms with Crippen LogP contribution < -0.4 is 4.90 Å². The van der Waals surface area contributed by atoms with E-state index >= 15 is 0 Å². The van der Waals surface area contributed by atoms with Gasteiger partial charge in [0.1, 0.15) is 0 Å². The van der Waals surface area contributed by atoms with E-state index in [9.17, 15) is 0 Å². The molecule has 14 aromatic carbocycles. The Morgan fingerprint density at radius 1 is 0.243 bits per heavy atom. The lowest BCUT2D eigenvalue weighted by Crippen LogP contribution is -2.28. The van der Waals surface area contributed by atoms with Gasteiger partial charge in [0.2, 0.25) is 0 Å². The Labute approximate surface area is 430 Å². The van der Waals surface area contributed by atoms with Crippen molar-refractivity contribution in [2.45, 2.75) is 5.41 Å². The maximum atomic E-state index is 2.53. The van der Waals surface area contributed by atoms with Crippen molar-refractivity contribution in [2.24, 2.45) is 0 Å². The van der Waals surface area contributed by atoms with Crippen molar-refractivity contribution in [3.05, 3.63) is 307 Å². The summed E-state index contributed by atoms with van der Waals surface area (Å²) in [4.78, 5) is 2.45. The molecule has 0 aromatic heterocycles. The highest BCUT2D eigenvalue weighted by atomic mass is 15.1. The van der Waals surface area contributed by atoms with Crippen LogP contribution in [0.15, 0.2) is 285 Å². The van der Waals surface area contributed by atoms with Crippen LogP contribution in [-0.4, -0.2) is 0 Å². The molecule has 0 unspecified atom stereocenters. The van der Waals surface area contributed by atoms with Crippen molar-refractivity contribution in [1.82, 2.24) is 0 Å². The van der Waals surface area contributed by atoms with Crippen LogP contribution in [0.25, 0.3) is 98.0 Å². The van der Waals surface area contributed by atoms with Crippen LogP contribution in [0, 0.1) is 0 Å². The third-order valence-corrected chi connectivity index (χ3v) is 16.0. The molecule has 14 aromatic rings. The summed E-state index contributed by atoms with van der Waals surface area (Å²) in [5, 5.41) is 14.7. The summed E-state index contributed by atoms with van der Waals surface area (Å²) in [6, 6.07) is 106. The highest BCUT2D eigenvalue weighted by molar-refractivity contribution is 6.24. The summed E-state index contributed by atoms with van der Waals surface area (Å²) in [5.74, 6) is 0. The number of hydrogen-bond donors (Lipinski definition) is 0. The van der Waals surface area contributed by atoms with Gasteiger partial charge in [0, 0.05) is 16.5 Å². The zero-order valence-electron chi connectivity index (χ0n) is 40.6. The number of anilines is 3. The lowest BCUT2D eigenvalue weighted by molar-refractivity contribution is 0.769. The summed E-state index contributed by atoms with van der Waals surface area (Å²) in [6.07, 6.45) is 0. The molecule has 0 spiro atoms. The minimum atomic E-state index is -0.505. The SMILES string of the molecule is c1ccc(C2(c3ccccc3)c3ccccc3-c3ccc(-c4c5ccccc5c(-c5ccc6cc(N(c7cccc8ccccc78)c7cccc8ccccc78)ccc6c5)c5cc6ccccc6cc45)cc32)cc1. The number of rotatable bonds is 7. The normalized spacial score (nSPS) is 12.7. The fraction of sp³-hybridized carbons (Fsp3) is 0.0137. The largest absolute Gasteiger partial charge is 0.309 e. The Kier molecular flexibility index (Phi) is 9.55. The van der Waals surface area contributed by atoms with E-state index in [4.69, 9.17) is 0 Å². The lowest BCUT2D eigenvalue weighted by atomic mass is 9.67. The predicted molar refractivity (Wildman–Crippen MR) is 314 cm³/mol. The second kappa shape index (κ2) is 16.8. The maximum absolute atomic E-state index is 2.53. The van der Waals surface area contributed by atoms with Gasteiger partial charge in [-0.2, -0.15) is 0 Å². The van der Waals surface area contributed by atoms with Gasteiger partial charge in [-0.25, -0.2) is 0 Å². The Bertz CT molecular complexity index is 4420. The first-order chi connectivity index (χ1) is 36.7. The van der Waals surface area contributed by atoms with E-state index in [1.165, 1.54) is 120 Å². The third-order valence-electron chi connectivity index (χ3n) is 16.0. The summed E-state index contributed by atoms with van der Waals surface area (Å²) >= 11 is 0. The van der Waals surface area contributed by atoms with E-state index < -0.39 is 5.41 Å². The monoisotopic (exact) mass is 937 g/mol. The van der Waals surface area contributed by atoms with Crippen molar-refractivity contribution in [3.8, 4) is 33.4 Å². The first kappa shape index (κ1) is 42.2. The second-order valence-electron chi connectivity index (χ2n) is 19.9. The molecule has 1 aliphatic rings. The maximum Gasteiger partial charge on any atom is 0.0713 e. The van der Waals surface area contributed by atoms with Gasteiger partial charge in [-0.3, -0.25) is 0 Å². The van der Waals surface area contributed by atoms with Gasteiger partial charge >= 0.3 is 0 Å². The van der Waals surface area contributed by atoms with E-state index in [2.05, 4.69) is 290 Å². The summed E-state index contributed by atoms with van der Waals surface area (Å²) < 4.78 is 0. The number of fused-ring (bicyclic) bond motifs is 9. The highest BCUT2D eigenvalue weighted by Gasteiger charge is 2.46. The van der Waals surface area contributed by atoms with Gasteiger partial charge in [-0.1, -0.05) is 237 Å². The van der Waals surface area contributed by atoms with E-state index in [0.717, 1.165) is 17.1 Å². The van der Waals surface area contributed by atoms with Crippen molar-refractivity contribution < 1.29 is 0 Å². The molecule has 0 N–H and O–H groups in total. The van der Waals surface area contributed by atoms with Crippen LogP contribution in [-0.2, 0) is 5.41 Å². The van der Waals surface area contributed by atoms with E-state index in [0.29, 0.717) is 0 Å². The molecule has 344 valence electrons. The zero-order chi connectivity index (χ0) is 48.7. The van der Waals surface area contributed by atoms with Gasteiger partial charge in [-0.15, -0.1) is 0 Å². The zero-order valence-corrected chi connectivity index (χ0v) is 40.6. The van der Waals surface area contributed by atoms with Crippen molar-refractivity contribution >= 4 is 81.7 Å². The molecule has 0 fully saturated rings. The van der Waals surface area contributed by atoms with E-state index in [1.807, 2.05) is 0 Å². The van der Waals surface area contributed by atoms with Crippen LogP contribution >= 0.6 is 0 Å². The summed E-state index contributed by atoms with van der Waals surface area (Å²) in [5.41, 5.74) is 15.6. The third kappa shape index (κ3) is 6.36. The van der Waals surface area contributed by atoms with Crippen LogP contribution in [0.3, 0.4) is 0 Å². The molecule has 1 nitrogen and oxygen atoms in total. The molecule has 1 aliphatic carbocycles. The van der Waals surface area contributed by atoms with E-state index in [1.54, 1.807) is 0 Å². The summed E-state index contributed by atoms with van der Waals surface area (Å²) in [6.45, 7) is 0. The Balaban J connectivity index is 0.946. The molecule has 0 atom stereocenters. The highest BCUT2D eigenvalue weighted by Crippen LogP contribution is 2.57. The van der Waals surface area contributed by atoms with E-state index in [-0.39, 0.29) is 0 Å². The minimum absolute atomic E-state index is 0.505. The average molecular weight is 938 g/mol. The van der Waals surface area contributed by atoms with Crippen LogP contribution in [0.5, 0.6) is 0 Å². The van der Waals surface area contributed by atoms with Gasteiger partial charge in [0.25, 0.3) is 0 Å². The molecule has 15 rings (SSSR count). The molecule has 0 radical (unpaired) electrons. The molecular weight excluding hydrogens is 891 g/mol. The second-order valence-corrected chi connectivity index (χ2v) is 19.9. The molecule has 74 heavy (non-hydrogen) atoms. The molecule has 0 aliphatic heterocycles. The van der Waals surface area contributed by atoms with Crippen molar-refractivity contribution in [1.29, 1.82) is 0 Å². The fourth-order valence-electron chi connectivity index (χ4n) is 12.8. The van der Waals surface area contributed by atoms with Crippen molar-refractivity contribution in [3.63, 3.8) is 0 Å². The molecule has 1 heteroatoms. The first-order valence-electron chi connectivity index (χ1n) is 25.7. The molecule has 0 saturated carbocycles. The number of hydrogen-bond acceptors (Lipinski definition) is 1. The molecule has 0 saturated heterocycles. The van der Waals surface area contributed by atoms with Crippen LogP contribution in [0.2, 0.25) is 0 Å².